The first-order valence-electron chi connectivity index (χ1n) is 11.9. The number of anilines is 2. The SMILES string of the molecule is Nc1ncnc2c1ncn2C1CCC(CO[P+](=O)C[C@H]2C[C@H](n3cnc4c(N)ncnc43)O[C@@H]2O[P+](=O)O)O1. The van der Waals surface area contributed by atoms with Crippen LogP contribution in [-0.2, 0) is 27.7 Å². The van der Waals surface area contributed by atoms with Gasteiger partial charge in [0.05, 0.1) is 24.7 Å². The average Bonchev–Trinajstić information content (AvgIpc) is 3.69. The second kappa shape index (κ2) is 10.7. The van der Waals surface area contributed by atoms with Crippen molar-refractivity contribution in [2.75, 3.05) is 24.2 Å². The number of fused-ring (bicyclic) bond motifs is 2. The predicted molar refractivity (Wildman–Crippen MR) is 134 cm³/mol. The third-order valence-corrected chi connectivity index (χ3v) is 8.23. The number of rotatable bonds is 9. The van der Waals surface area contributed by atoms with Gasteiger partial charge >= 0.3 is 16.3 Å². The van der Waals surface area contributed by atoms with Gasteiger partial charge in [0.1, 0.15) is 42.8 Å². The molecule has 6 rings (SSSR count). The molecular formula is C20H24N10O7P2+2. The van der Waals surface area contributed by atoms with Gasteiger partial charge in [0, 0.05) is 11.0 Å². The molecule has 2 aliphatic rings. The van der Waals surface area contributed by atoms with Crippen molar-refractivity contribution in [1.82, 2.24) is 39.0 Å². The molecule has 4 unspecified atom stereocenters. The van der Waals surface area contributed by atoms with Gasteiger partial charge in [-0.25, -0.2) is 29.9 Å². The van der Waals surface area contributed by atoms with Gasteiger partial charge < -0.3 is 20.9 Å². The lowest BCUT2D eigenvalue weighted by atomic mass is 10.1. The number of imidazole rings is 2. The first kappa shape index (κ1) is 26.0. The Balaban J connectivity index is 1.07. The van der Waals surface area contributed by atoms with Crippen LogP contribution >= 0.6 is 16.3 Å². The van der Waals surface area contributed by atoms with E-state index in [2.05, 4.69) is 29.9 Å². The maximum absolute atomic E-state index is 12.9. The molecule has 39 heavy (non-hydrogen) atoms. The van der Waals surface area contributed by atoms with Crippen LogP contribution in [0.3, 0.4) is 0 Å². The molecule has 2 fully saturated rings. The van der Waals surface area contributed by atoms with Crippen molar-refractivity contribution in [2.24, 2.45) is 5.92 Å². The highest BCUT2D eigenvalue weighted by molar-refractivity contribution is 7.39. The number of nitrogens with two attached hydrogens (primary N) is 2. The van der Waals surface area contributed by atoms with Gasteiger partial charge in [0.25, 0.3) is 0 Å². The van der Waals surface area contributed by atoms with E-state index in [9.17, 15) is 14.0 Å². The fourth-order valence-electron chi connectivity index (χ4n) is 4.82. The summed E-state index contributed by atoms with van der Waals surface area (Å²) in [5.74, 6) is 0.00506. The molecule has 0 radical (unpaired) electrons. The first-order chi connectivity index (χ1) is 18.9. The largest absolute Gasteiger partial charge is 0.697 e. The van der Waals surface area contributed by atoms with Crippen LogP contribution in [0.4, 0.5) is 11.6 Å². The lowest BCUT2D eigenvalue weighted by molar-refractivity contribution is -0.107. The van der Waals surface area contributed by atoms with E-state index in [1.807, 2.05) is 0 Å². The quantitative estimate of drug-likeness (QED) is 0.240. The molecule has 7 atom stereocenters. The van der Waals surface area contributed by atoms with Gasteiger partial charge in [-0.2, -0.15) is 0 Å². The molecule has 0 amide bonds. The number of ether oxygens (including phenoxy) is 2. The zero-order valence-corrected chi connectivity index (χ0v) is 22.0. The lowest BCUT2D eigenvalue weighted by Crippen LogP contribution is -2.20. The Morgan fingerprint density at radius 2 is 1.56 bits per heavy atom. The Hall–Kier alpha value is -3.30. The molecule has 6 heterocycles. The fraction of sp³-hybridized carbons (Fsp3) is 0.500. The second-order valence-corrected chi connectivity index (χ2v) is 11.0. The maximum Gasteiger partial charge on any atom is 0.697 e. The van der Waals surface area contributed by atoms with Crippen LogP contribution in [0.2, 0.25) is 0 Å². The zero-order valence-electron chi connectivity index (χ0n) is 20.3. The molecule has 2 aliphatic heterocycles. The molecule has 0 bridgehead atoms. The standard InChI is InChI=1S/C20H23N10O7P2/c21-16-14-18(25-6-23-16)29(8-27-14)12-2-1-11(35-12)4-34-38(31)5-10-3-13(36-20(10)37-39(32)33)30-9-28-15-17(22)24-7-26-19(15)30/h6-13,20H,1-5H2,(H4-,21,22,23,24,25,26,32,33)/q+1/p+1/t10-,11?,12?,13-,20-/m1/s1. The van der Waals surface area contributed by atoms with Crippen molar-refractivity contribution < 1.29 is 32.5 Å². The molecule has 0 saturated carbocycles. The van der Waals surface area contributed by atoms with Crippen molar-refractivity contribution in [1.29, 1.82) is 0 Å². The first-order valence-corrected chi connectivity index (χ1v) is 14.4. The highest BCUT2D eigenvalue weighted by atomic mass is 31.1. The van der Waals surface area contributed by atoms with E-state index in [4.69, 9.17) is 30.0 Å². The van der Waals surface area contributed by atoms with Gasteiger partial charge in [-0.3, -0.25) is 9.13 Å². The van der Waals surface area contributed by atoms with E-state index in [0.29, 0.717) is 47.4 Å². The minimum atomic E-state index is -2.96. The lowest BCUT2D eigenvalue weighted by Gasteiger charge is -2.14. The molecule has 4 aromatic heterocycles. The maximum atomic E-state index is 12.9. The van der Waals surface area contributed by atoms with Gasteiger partial charge in [-0.1, -0.05) is 4.52 Å². The monoisotopic (exact) mass is 578 g/mol. The Morgan fingerprint density at radius 3 is 2.21 bits per heavy atom. The summed E-state index contributed by atoms with van der Waals surface area (Å²) in [7, 11) is -5.12. The normalized spacial score (nSPS) is 26.0. The molecular weight excluding hydrogens is 554 g/mol. The Bertz CT molecular complexity index is 1550. The van der Waals surface area contributed by atoms with E-state index < -0.39 is 34.7 Å². The van der Waals surface area contributed by atoms with Crippen LogP contribution in [0.1, 0.15) is 31.7 Å². The van der Waals surface area contributed by atoms with Gasteiger partial charge in [-0.05, 0) is 17.4 Å². The van der Waals surface area contributed by atoms with Crippen molar-refractivity contribution in [2.45, 2.75) is 44.1 Å². The summed E-state index contributed by atoms with van der Waals surface area (Å²) in [6.45, 7) is 0.106. The minimum Gasteiger partial charge on any atom is -0.382 e. The highest BCUT2D eigenvalue weighted by Crippen LogP contribution is 2.43. The summed E-state index contributed by atoms with van der Waals surface area (Å²) in [4.78, 5) is 34.1. The summed E-state index contributed by atoms with van der Waals surface area (Å²) < 4.78 is 50.4. The topological polar surface area (TPSA) is 231 Å². The van der Waals surface area contributed by atoms with Crippen molar-refractivity contribution in [3.05, 3.63) is 25.3 Å². The smallest absolute Gasteiger partial charge is 0.382 e. The number of hydrogen-bond acceptors (Lipinski definition) is 14. The Morgan fingerprint density at radius 1 is 0.923 bits per heavy atom. The summed E-state index contributed by atoms with van der Waals surface area (Å²) in [5, 5.41) is 0. The molecule has 0 aromatic carbocycles. The molecule has 17 nitrogen and oxygen atoms in total. The zero-order chi connectivity index (χ0) is 27.1. The van der Waals surface area contributed by atoms with Crippen LogP contribution < -0.4 is 11.5 Å². The van der Waals surface area contributed by atoms with E-state index in [0.717, 1.165) is 0 Å². The Labute approximate surface area is 221 Å². The van der Waals surface area contributed by atoms with Crippen LogP contribution in [0, 0.1) is 5.92 Å². The van der Waals surface area contributed by atoms with E-state index >= 15 is 0 Å². The van der Waals surface area contributed by atoms with Crippen LogP contribution in [0.5, 0.6) is 0 Å². The molecule has 5 N–H and O–H groups in total. The van der Waals surface area contributed by atoms with Crippen LogP contribution in [0.25, 0.3) is 22.3 Å². The van der Waals surface area contributed by atoms with Gasteiger partial charge in [-0.15, -0.1) is 9.42 Å². The van der Waals surface area contributed by atoms with Gasteiger partial charge in [0.2, 0.25) is 6.29 Å². The van der Waals surface area contributed by atoms with Crippen molar-refractivity contribution in [3.8, 4) is 0 Å². The summed E-state index contributed by atoms with van der Waals surface area (Å²) in [6.07, 6.45) is 5.16. The summed E-state index contributed by atoms with van der Waals surface area (Å²) >= 11 is 0. The van der Waals surface area contributed by atoms with E-state index in [1.54, 1.807) is 15.5 Å². The Kier molecular flexibility index (Phi) is 7.12. The molecule has 204 valence electrons. The van der Waals surface area contributed by atoms with E-state index in [-0.39, 0.29) is 30.9 Å². The minimum absolute atomic E-state index is 0.0436. The van der Waals surface area contributed by atoms with Crippen LogP contribution in [0.15, 0.2) is 25.3 Å². The molecule has 0 aliphatic carbocycles. The number of nitrogens with zero attached hydrogens (tertiary/aromatic N) is 8. The number of hydrogen-bond donors (Lipinski definition) is 3. The molecule has 0 spiro atoms. The van der Waals surface area contributed by atoms with Crippen LogP contribution in [-0.4, -0.2) is 69.1 Å². The second-order valence-electron chi connectivity index (χ2n) is 9.07. The number of aromatic nitrogens is 8. The number of nitrogen functional groups attached to an aromatic ring is 2. The van der Waals surface area contributed by atoms with Gasteiger partial charge in [0.15, 0.2) is 29.1 Å². The highest BCUT2D eigenvalue weighted by Gasteiger charge is 2.47. The predicted octanol–water partition coefficient (Wildman–Crippen LogP) is 1.79. The van der Waals surface area contributed by atoms with E-state index in [1.165, 1.54) is 19.0 Å². The molecule has 19 heteroatoms. The third-order valence-electron chi connectivity index (χ3n) is 6.64. The average molecular weight is 578 g/mol. The summed E-state index contributed by atoms with van der Waals surface area (Å²) in [6, 6.07) is 0. The molecule has 4 aromatic rings. The van der Waals surface area contributed by atoms with Crippen molar-refractivity contribution >= 4 is 50.2 Å². The summed E-state index contributed by atoms with van der Waals surface area (Å²) in [5.41, 5.74) is 13.6. The molecule has 2 saturated heterocycles. The third kappa shape index (κ3) is 5.17. The van der Waals surface area contributed by atoms with Crippen molar-refractivity contribution in [3.63, 3.8) is 0 Å². The fourth-order valence-corrected chi connectivity index (χ4v) is 6.36.